The number of nitrogens with zero attached hydrogens (tertiary/aromatic N) is 2. The number of esters is 1. The third-order valence-corrected chi connectivity index (χ3v) is 3.00. The second kappa shape index (κ2) is 5.20. The summed E-state index contributed by atoms with van der Waals surface area (Å²) in [5, 5.41) is 6.66. The number of ether oxygens (including phenoxy) is 1. The van der Waals surface area contributed by atoms with E-state index < -0.39 is 6.04 Å². The fourth-order valence-electron chi connectivity index (χ4n) is 2.17. The van der Waals surface area contributed by atoms with Crippen molar-refractivity contribution in [3.05, 3.63) is 17.5 Å². The van der Waals surface area contributed by atoms with E-state index in [2.05, 4.69) is 10.2 Å². The molecule has 1 N–H and O–H groups in total. The van der Waals surface area contributed by atoms with Crippen LogP contribution in [0.25, 0.3) is 0 Å². The minimum Gasteiger partial charge on any atom is -0.464 e. The van der Waals surface area contributed by atoms with E-state index in [1.54, 1.807) is 17.9 Å². The molecule has 1 fully saturated rings. The monoisotopic (exact) mass is 251 g/mol. The molecule has 1 atom stereocenters. The summed E-state index contributed by atoms with van der Waals surface area (Å²) in [4.78, 5) is 25.5. The molecule has 0 radical (unpaired) electrons. The molecule has 0 aliphatic carbocycles. The number of likely N-dealkylation sites (tertiary alicyclic amines) is 1. The number of hydrogen-bond donors (Lipinski definition) is 1. The summed E-state index contributed by atoms with van der Waals surface area (Å²) in [6.07, 6.45) is 1.48. The summed E-state index contributed by atoms with van der Waals surface area (Å²) < 4.78 is 4.99. The van der Waals surface area contributed by atoms with E-state index >= 15 is 0 Å². The number of aryl methyl sites for hydroxylation is 1. The number of hydrogen-bond acceptors (Lipinski definition) is 4. The molecular weight excluding hydrogens is 234 g/mol. The van der Waals surface area contributed by atoms with Crippen molar-refractivity contribution in [3.63, 3.8) is 0 Å². The van der Waals surface area contributed by atoms with Crippen LogP contribution in [0.3, 0.4) is 0 Å². The van der Waals surface area contributed by atoms with Gasteiger partial charge in [0.05, 0.1) is 6.61 Å². The molecule has 1 aliphatic heterocycles. The van der Waals surface area contributed by atoms with Gasteiger partial charge < -0.3 is 9.64 Å². The van der Waals surface area contributed by atoms with Gasteiger partial charge in [-0.05, 0) is 32.8 Å². The molecular formula is C12H17N3O3. The predicted molar refractivity (Wildman–Crippen MR) is 64.0 cm³/mol. The fourth-order valence-corrected chi connectivity index (χ4v) is 2.17. The molecule has 1 aliphatic rings. The SMILES string of the molecule is CCOC(=O)C1CCCN1C(=O)c1cc(C)[nH]n1. The van der Waals surface area contributed by atoms with E-state index in [-0.39, 0.29) is 11.9 Å². The zero-order chi connectivity index (χ0) is 13.1. The first-order valence-electron chi connectivity index (χ1n) is 6.13. The van der Waals surface area contributed by atoms with Crippen LogP contribution in [-0.4, -0.2) is 46.2 Å². The average molecular weight is 251 g/mol. The van der Waals surface area contributed by atoms with Crippen molar-refractivity contribution in [1.82, 2.24) is 15.1 Å². The number of carbonyl (C=O) groups is 2. The lowest BCUT2D eigenvalue weighted by molar-refractivity contribution is -0.147. The van der Waals surface area contributed by atoms with E-state index in [9.17, 15) is 9.59 Å². The first kappa shape index (κ1) is 12.6. The van der Waals surface area contributed by atoms with Crippen LogP contribution < -0.4 is 0 Å². The summed E-state index contributed by atoms with van der Waals surface area (Å²) >= 11 is 0. The van der Waals surface area contributed by atoms with Gasteiger partial charge in [0.15, 0.2) is 0 Å². The van der Waals surface area contributed by atoms with Crippen molar-refractivity contribution < 1.29 is 14.3 Å². The van der Waals surface area contributed by atoms with Crippen molar-refractivity contribution in [3.8, 4) is 0 Å². The van der Waals surface area contributed by atoms with Crippen LogP contribution in [0.15, 0.2) is 6.07 Å². The second-order valence-electron chi connectivity index (χ2n) is 4.34. The van der Waals surface area contributed by atoms with Crippen molar-refractivity contribution in [2.75, 3.05) is 13.2 Å². The minimum atomic E-state index is -0.463. The normalized spacial score (nSPS) is 19.0. The summed E-state index contributed by atoms with van der Waals surface area (Å²) in [7, 11) is 0. The Morgan fingerprint density at radius 2 is 2.39 bits per heavy atom. The second-order valence-corrected chi connectivity index (χ2v) is 4.34. The van der Waals surface area contributed by atoms with Crippen molar-refractivity contribution in [2.24, 2.45) is 0 Å². The number of rotatable bonds is 3. The Labute approximate surface area is 105 Å². The van der Waals surface area contributed by atoms with Crippen LogP contribution in [0.5, 0.6) is 0 Å². The molecule has 1 aromatic heterocycles. The fraction of sp³-hybridized carbons (Fsp3) is 0.583. The Bertz CT molecular complexity index is 455. The molecule has 18 heavy (non-hydrogen) atoms. The third-order valence-electron chi connectivity index (χ3n) is 3.00. The molecule has 0 bridgehead atoms. The van der Waals surface area contributed by atoms with Crippen molar-refractivity contribution in [1.29, 1.82) is 0 Å². The average Bonchev–Trinajstić information content (AvgIpc) is 2.96. The van der Waals surface area contributed by atoms with Crippen LogP contribution in [0.1, 0.15) is 35.9 Å². The van der Waals surface area contributed by atoms with Crippen LogP contribution in [0.4, 0.5) is 0 Å². The zero-order valence-electron chi connectivity index (χ0n) is 10.6. The van der Waals surface area contributed by atoms with Crippen molar-refractivity contribution in [2.45, 2.75) is 32.7 Å². The highest BCUT2D eigenvalue weighted by atomic mass is 16.5. The summed E-state index contributed by atoms with van der Waals surface area (Å²) in [5.41, 5.74) is 1.17. The molecule has 6 heteroatoms. The minimum absolute atomic E-state index is 0.213. The molecule has 1 unspecified atom stereocenters. The van der Waals surface area contributed by atoms with Gasteiger partial charge in [-0.2, -0.15) is 5.10 Å². The van der Waals surface area contributed by atoms with E-state index in [0.717, 1.165) is 12.1 Å². The number of aromatic amines is 1. The Balaban J connectivity index is 2.11. The maximum Gasteiger partial charge on any atom is 0.328 e. The van der Waals surface area contributed by atoms with Crippen LogP contribution >= 0.6 is 0 Å². The molecule has 0 saturated carbocycles. The number of nitrogens with one attached hydrogen (secondary N) is 1. The maximum atomic E-state index is 12.2. The Kier molecular flexibility index (Phi) is 3.64. The van der Waals surface area contributed by atoms with Gasteiger partial charge in [-0.25, -0.2) is 4.79 Å². The van der Waals surface area contributed by atoms with Gasteiger partial charge in [-0.3, -0.25) is 9.89 Å². The smallest absolute Gasteiger partial charge is 0.328 e. The number of H-pyrrole nitrogens is 1. The Hall–Kier alpha value is -1.85. The molecule has 6 nitrogen and oxygen atoms in total. The van der Waals surface area contributed by atoms with E-state index in [0.29, 0.717) is 25.3 Å². The molecule has 2 rings (SSSR count). The molecule has 2 heterocycles. The number of amides is 1. The van der Waals surface area contributed by atoms with Gasteiger partial charge in [-0.1, -0.05) is 0 Å². The Morgan fingerprint density at radius 3 is 3.00 bits per heavy atom. The van der Waals surface area contributed by atoms with E-state index in [1.165, 1.54) is 0 Å². The van der Waals surface area contributed by atoms with Gasteiger partial charge in [0.2, 0.25) is 0 Å². The van der Waals surface area contributed by atoms with Gasteiger partial charge >= 0.3 is 5.97 Å². The van der Waals surface area contributed by atoms with Crippen LogP contribution in [-0.2, 0) is 9.53 Å². The lowest BCUT2D eigenvalue weighted by Crippen LogP contribution is -2.41. The molecule has 1 amide bonds. The molecule has 98 valence electrons. The largest absolute Gasteiger partial charge is 0.464 e. The zero-order valence-corrected chi connectivity index (χ0v) is 10.6. The lowest BCUT2D eigenvalue weighted by atomic mass is 10.2. The molecule has 0 aromatic carbocycles. The molecule has 0 spiro atoms. The molecule has 1 aromatic rings. The van der Waals surface area contributed by atoms with Crippen LogP contribution in [0, 0.1) is 6.92 Å². The first-order valence-corrected chi connectivity index (χ1v) is 6.13. The highest BCUT2D eigenvalue weighted by Crippen LogP contribution is 2.20. The van der Waals surface area contributed by atoms with Crippen molar-refractivity contribution >= 4 is 11.9 Å². The highest BCUT2D eigenvalue weighted by Gasteiger charge is 2.36. The van der Waals surface area contributed by atoms with Gasteiger partial charge in [0.25, 0.3) is 5.91 Å². The highest BCUT2D eigenvalue weighted by molar-refractivity contribution is 5.95. The summed E-state index contributed by atoms with van der Waals surface area (Å²) in [6, 6.07) is 1.22. The van der Waals surface area contributed by atoms with Gasteiger partial charge in [0, 0.05) is 12.2 Å². The number of carbonyl (C=O) groups excluding carboxylic acids is 2. The lowest BCUT2D eigenvalue weighted by Gasteiger charge is -2.21. The first-order chi connectivity index (χ1) is 8.63. The van der Waals surface area contributed by atoms with E-state index in [1.807, 2.05) is 6.92 Å². The molecule has 1 saturated heterocycles. The van der Waals surface area contributed by atoms with E-state index in [4.69, 9.17) is 4.74 Å². The Morgan fingerprint density at radius 1 is 1.61 bits per heavy atom. The van der Waals surface area contributed by atoms with Crippen LogP contribution in [0.2, 0.25) is 0 Å². The number of aromatic nitrogens is 2. The third kappa shape index (κ3) is 2.37. The predicted octanol–water partition coefficient (Wildman–Crippen LogP) is 0.886. The van der Waals surface area contributed by atoms with Gasteiger partial charge in [0.1, 0.15) is 11.7 Å². The standard InChI is InChI=1S/C12H17N3O3/c1-3-18-12(17)10-5-4-6-15(10)11(16)9-7-8(2)13-14-9/h7,10H,3-6H2,1-2H3,(H,13,14). The summed E-state index contributed by atoms with van der Waals surface area (Å²) in [6.45, 7) is 4.50. The maximum absolute atomic E-state index is 12.2. The van der Waals surface area contributed by atoms with Gasteiger partial charge in [-0.15, -0.1) is 0 Å². The summed E-state index contributed by atoms with van der Waals surface area (Å²) in [5.74, 6) is -0.537. The topological polar surface area (TPSA) is 75.3 Å². The quantitative estimate of drug-likeness (QED) is 0.809.